The molecule has 1 aliphatic rings. The first kappa shape index (κ1) is 17.3. The average molecular weight is 339 g/mol. The molecule has 1 atom stereocenters. The van der Waals surface area contributed by atoms with Gasteiger partial charge in [0.15, 0.2) is 6.61 Å². The van der Waals surface area contributed by atoms with Crippen LogP contribution >= 0.6 is 0 Å². The summed E-state index contributed by atoms with van der Waals surface area (Å²) < 4.78 is 11.1. The van der Waals surface area contributed by atoms with Crippen LogP contribution in [0.1, 0.15) is 35.6 Å². The quantitative estimate of drug-likeness (QED) is 0.825. The molecule has 1 unspecified atom stereocenters. The van der Waals surface area contributed by atoms with E-state index in [1.54, 1.807) is 7.11 Å². The molecule has 2 aromatic carbocycles. The number of carbonyl (C=O) groups excluding carboxylic acids is 1. The maximum absolute atomic E-state index is 12.7. The van der Waals surface area contributed by atoms with Crippen molar-refractivity contribution in [2.45, 2.75) is 32.7 Å². The lowest BCUT2D eigenvalue weighted by Crippen LogP contribution is -2.34. The molecule has 2 aromatic rings. The Bertz CT molecular complexity index is 757. The summed E-state index contributed by atoms with van der Waals surface area (Å²) in [6.45, 7) is 4.86. The second-order valence-corrected chi connectivity index (χ2v) is 6.58. The van der Waals surface area contributed by atoms with Gasteiger partial charge in [0.2, 0.25) is 0 Å². The largest absolute Gasteiger partial charge is 0.497 e. The summed E-state index contributed by atoms with van der Waals surface area (Å²) in [6, 6.07) is 14.1. The fourth-order valence-corrected chi connectivity index (χ4v) is 3.35. The van der Waals surface area contributed by atoms with Crippen molar-refractivity contribution < 1.29 is 14.3 Å². The van der Waals surface area contributed by atoms with Gasteiger partial charge in [-0.15, -0.1) is 0 Å². The number of carbonyl (C=O) groups is 1. The normalized spacial score (nSPS) is 16.8. The van der Waals surface area contributed by atoms with Crippen molar-refractivity contribution >= 4 is 5.91 Å². The third-order valence-corrected chi connectivity index (χ3v) is 4.75. The van der Waals surface area contributed by atoms with E-state index in [0.717, 1.165) is 47.6 Å². The van der Waals surface area contributed by atoms with Crippen molar-refractivity contribution in [2.24, 2.45) is 0 Å². The van der Waals surface area contributed by atoms with Gasteiger partial charge in [0.25, 0.3) is 5.91 Å². The maximum atomic E-state index is 12.7. The number of hydrogen-bond donors (Lipinski definition) is 0. The first-order valence-electron chi connectivity index (χ1n) is 8.72. The molecule has 3 rings (SSSR count). The topological polar surface area (TPSA) is 38.8 Å². The van der Waals surface area contributed by atoms with E-state index in [9.17, 15) is 4.79 Å². The van der Waals surface area contributed by atoms with Crippen LogP contribution in [0.4, 0.5) is 0 Å². The van der Waals surface area contributed by atoms with Gasteiger partial charge in [0, 0.05) is 6.54 Å². The smallest absolute Gasteiger partial charge is 0.261 e. The molecule has 1 saturated heterocycles. The second-order valence-electron chi connectivity index (χ2n) is 6.58. The zero-order chi connectivity index (χ0) is 17.8. The number of methoxy groups -OCH3 is 1. The lowest BCUT2D eigenvalue weighted by molar-refractivity contribution is -0.134. The van der Waals surface area contributed by atoms with E-state index in [1.807, 2.05) is 55.1 Å². The van der Waals surface area contributed by atoms with Crippen molar-refractivity contribution in [1.29, 1.82) is 0 Å². The summed E-state index contributed by atoms with van der Waals surface area (Å²) in [5.41, 5.74) is 3.30. The Morgan fingerprint density at radius 1 is 1.20 bits per heavy atom. The predicted molar refractivity (Wildman–Crippen MR) is 98.1 cm³/mol. The fourth-order valence-electron chi connectivity index (χ4n) is 3.35. The Labute approximate surface area is 149 Å². The molecule has 1 fully saturated rings. The Morgan fingerprint density at radius 2 is 2.04 bits per heavy atom. The molecule has 132 valence electrons. The molecule has 1 heterocycles. The summed E-state index contributed by atoms with van der Waals surface area (Å²) in [7, 11) is 1.66. The summed E-state index contributed by atoms with van der Waals surface area (Å²) in [6.07, 6.45) is 1.99. The molecule has 25 heavy (non-hydrogen) atoms. The zero-order valence-electron chi connectivity index (χ0n) is 15.1. The standard InChI is InChI=1S/C21H25NO3/c1-15-9-10-16(2)20(12-15)25-14-21(23)22-11-5-8-19(22)17-6-4-7-18(13-17)24-3/h4,6-7,9-10,12-13,19H,5,8,11,14H2,1-3H3. The van der Waals surface area contributed by atoms with Crippen LogP contribution in [0, 0.1) is 13.8 Å². The third kappa shape index (κ3) is 3.95. The van der Waals surface area contributed by atoms with E-state index >= 15 is 0 Å². The highest BCUT2D eigenvalue weighted by Gasteiger charge is 2.30. The van der Waals surface area contributed by atoms with Crippen LogP contribution in [0.3, 0.4) is 0 Å². The molecule has 0 radical (unpaired) electrons. The first-order chi connectivity index (χ1) is 12.1. The molecule has 1 aliphatic heterocycles. The number of benzene rings is 2. The van der Waals surface area contributed by atoms with Gasteiger partial charge in [-0.1, -0.05) is 24.3 Å². The van der Waals surface area contributed by atoms with E-state index in [0.29, 0.717) is 0 Å². The van der Waals surface area contributed by atoms with Crippen molar-refractivity contribution in [3.63, 3.8) is 0 Å². The van der Waals surface area contributed by atoms with Crippen molar-refractivity contribution in [1.82, 2.24) is 4.90 Å². The van der Waals surface area contributed by atoms with E-state index < -0.39 is 0 Å². The highest BCUT2D eigenvalue weighted by Crippen LogP contribution is 2.33. The van der Waals surface area contributed by atoms with Crippen molar-refractivity contribution in [2.75, 3.05) is 20.3 Å². The first-order valence-corrected chi connectivity index (χ1v) is 8.72. The van der Waals surface area contributed by atoms with Gasteiger partial charge in [-0.05, 0) is 61.6 Å². The summed E-state index contributed by atoms with van der Waals surface area (Å²) in [5.74, 6) is 1.64. The van der Waals surface area contributed by atoms with Gasteiger partial charge >= 0.3 is 0 Å². The average Bonchev–Trinajstić information content (AvgIpc) is 3.12. The number of hydrogen-bond acceptors (Lipinski definition) is 3. The molecule has 0 bridgehead atoms. The summed E-state index contributed by atoms with van der Waals surface area (Å²) in [5, 5.41) is 0. The Balaban J connectivity index is 1.69. The highest BCUT2D eigenvalue weighted by atomic mass is 16.5. The molecule has 1 amide bonds. The van der Waals surface area contributed by atoms with Crippen molar-refractivity contribution in [3.05, 3.63) is 59.2 Å². The Morgan fingerprint density at radius 3 is 2.84 bits per heavy atom. The number of rotatable bonds is 5. The van der Waals surface area contributed by atoms with Gasteiger partial charge < -0.3 is 14.4 Å². The molecule has 4 heteroatoms. The van der Waals surface area contributed by atoms with Gasteiger partial charge in [-0.2, -0.15) is 0 Å². The van der Waals surface area contributed by atoms with Crippen LogP contribution in [0.5, 0.6) is 11.5 Å². The minimum atomic E-state index is 0.0335. The van der Waals surface area contributed by atoms with Crippen LogP contribution in [0.15, 0.2) is 42.5 Å². The minimum Gasteiger partial charge on any atom is -0.497 e. The monoisotopic (exact) mass is 339 g/mol. The molecular weight excluding hydrogens is 314 g/mol. The van der Waals surface area contributed by atoms with E-state index in [1.165, 1.54) is 0 Å². The molecule has 4 nitrogen and oxygen atoms in total. The van der Waals surface area contributed by atoms with Crippen LogP contribution in [-0.2, 0) is 4.79 Å². The zero-order valence-corrected chi connectivity index (χ0v) is 15.1. The molecule has 0 saturated carbocycles. The molecule has 0 aromatic heterocycles. The predicted octanol–water partition coefficient (Wildman–Crippen LogP) is 4.05. The molecule has 0 spiro atoms. The van der Waals surface area contributed by atoms with Crippen LogP contribution < -0.4 is 9.47 Å². The lowest BCUT2D eigenvalue weighted by Gasteiger charge is -2.25. The Hall–Kier alpha value is -2.49. The van der Waals surface area contributed by atoms with Crippen LogP contribution in [0.25, 0.3) is 0 Å². The number of ether oxygens (including phenoxy) is 2. The van der Waals surface area contributed by atoms with Crippen LogP contribution in [-0.4, -0.2) is 31.1 Å². The van der Waals surface area contributed by atoms with E-state index in [4.69, 9.17) is 9.47 Å². The fraction of sp³-hybridized carbons (Fsp3) is 0.381. The molecule has 0 N–H and O–H groups in total. The highest BCUT2D eigenvalue weighted by molar-refractivity contribution is 5.78. The van der Waals surface area contributed by atoms with Gasteiger partial charge in [0.1, 0.15) is 11.5 Å². The third-order valence-electron chi connectivity index (χ3n) is 4.75. The summed E-state index contributed by atoms with van der Waals surface area (Å²) in [4.78, 5) is 14.7. The van der Waals surface area contributed by atoms with Gasteiger partial charge in [-0.3, -0.25) is 4.79 Å². The number of likely N-dealkylation sites (tertiary alicyclic amines) is 1. The number of aryl methyl sites for hydroxylation is 2. The number of amides is 1. The number of nitrogens with zero attached hydrogens (tertiary/aromatic N) is 1. The summed E-state index contributed by atoms with van der Waals surface area (Å²) >= 11 is 0. The second kappa shape index (κ2) is 7.60. The SMILES string of the molecule is COc1cccc(C2CCCN2C(=O)COc2cc(C)ccc2C)c1. The van der Waals surface area contributed by atoms with Gasteiger partial charge in [-0.25, -0.2) is 0 Å². The maximum Gasteiger partial charge on any atom is 0.261 e. The Kier molecular flexibility index (Phi) is 5.27. The minimum absolute atomic E-state index is 0.0335. The van der Waals surface area contributed by atoms with Gasteiger partial charge in [0.05, 0.1) is 13.2 Å². The van der Waals surface area contributed by atoms with Crippen LogP contribution in [0.2, 0.25) is 0 Å². The van der Waals surface area contributed by atoms with Crippen molar-refractivity contribution in [3.8, 4) is 11.5 Å². The molecule has 0 aliphatic carbocycles. The van der Waals surface area contributed by atoms with E-state index in [-0.39, 0.29) is 18.6 Å². The van der Waals surface area contributed by atoms with E-state index in [2.05, 4.69) is 6.07 Å². The lowest BCUT2D eigenvalue weighted by atomic mass is 10.0. The molecular formula is C21H25NO3.